The number of amides is 4. The fourth-order valence-corrected chi connectivity index (χ4v) is 6.19. The van der Waals surface area contributed by atoms with Crippen LogP contribution in [0.3, 0.4) is 0 Å². The van der Waals surface area contributed by atoms with Crippen LogP contribution < -0.4 is 21.3 Å². The number of alkyl carbamates (subject to hydrolysis) is 1. The summed E-state index contributed by atoms with van der Waals surface area (Å²) in [6, 6.07) is 0.464. The molecule has 0 aromatic carbocycles. The molecule has 212 valence electrons. The van der Waals surface area contributed by atoms with Crippen molar-refractivity contribution in [3.63, 3.8) is 0 Å². The molecule has 1 unspecified atom stereocenters. The Morgan fingerprint density at radius 3 is 2.19 bits per heavy atom. The zero-order valence-corrected chi connectivity index (χ0v) is 23.8. The Morgan fingerprint density at radius 2 is 1.49 bits per heavy atom. The van der Waals surface area contributed by atoms with Gasteiger partial charge in [-0.1, -0.05) is 19.3 Å². The molecule has 2 aliphatic heterocycles. The van der Waals surface area contributed by atoms with E-state index in [1.807, 2.05) is 32.5 Å². The van der Waals surface area contributed by atoms with Crippen LogP contribution in [0.15, 0.2) is 0 Å². The van der Waals surface area contributed by atoms with Gasteiger partial charge < -0.3 is 26.0 Å². The molecular formula is C27H48N4O5S. The first-order valence-electron chi connectivity index (χ1n) is 14.1. The summed E-state index contributed by atoms with van der Waals surface area (Å²) in [7, 11) is 0. The summed E-state index contributed by atoms with van der Waals surface area (Å²) in [5.74, 6) is 1.40. The number of unbranched alkanes of at least 4 members (excludes halogenated alkanes) is 6. The number of carbonyl (C=O) groups is 4. The van der Waals surface area contributed by atoms with Gasteiger partial charge in [0.15, 0.2) is 0 Å². The number of fused-ring (bicyclic) bond motifs is 1. The lowest BCUT2D eigenvalue weighted by molar-refractivity contribution is -0.121. The standard InChI is InChI=1S/C27H48N4O5S/c1-27(2,3)36-26(35)29-18-12-6-11-17-28-23(33)16-8-5-4-7-13-20(32)14-9-10-15-22-24-21(19-37-22)30-25(34)31-24/h21-22,24H,4-19H2,1-3H3,(H,28,33)(H,29,35)(H2,30,31,34)/t21-,22?,24-/m0/s1. The van der Waals surface area contributed by atoms with Gasteiger partial charge in [-0.25, -0.2) is 9.59 Å². The van der Waals surface area contributed by atoms with Crippen molar-refractivity contribution in [1.29, 1.82) is 0 Å². The molecule has 0 aromatic heterocycles. The number of nitrogens with one attached hydrogen (secondary N) is 4. The number of thioether (sulfide) groups is 1. The summed E-state index contributed by atoms with van der Waals surface area (Å²) in [6.07, 6.45) is 10.8. The molecule has 0 spiro atoms. The number of Topliss-reactive ketones (excluding diaryl/α,β-unsaturated/α-hetero) is 1. The summed E-state index contributed by atoms with van der Waals surface area (Å²) >= 11 is 1.92. The molecular weight excluding hydrogens is 492 g/mol. The third-order valence-corrected chi connectivity index (χ3v) is 8.09. The predicted molar refractivity (Wildman–Crippen MR) is 148 cm³/mol. The van der Waals surface area contributed by atoms with Crippen LogP contribution in [0.1, 0.15) is 104 Å². The highest BCUT2D eigenvalue weighted by atomic mass is 32.2. The number of urea groups is 1. The van der Waals surface area contributed by atoms with E-state index in [-0.39, 0.29) is 24.0 Å². The molecule has 2 fully saturated rings. The maximum Gasteiger partial charge on any atom is 0.407 e. The average Bonchev–Trinajstić information content (AvgIpc) is 3.36. The number of rotatable bonds is 18. The lowest BCUT2D eigenvalue weighted by Crippen LogP contribution is -2.36. The minimum Gasteiger partial charge on any atom is -0.444 e. The summed E-state index contributed by atoms with van der Waals surface area (Å²) in [6.45, 7) is 6.74. The van der Waals surface area contributed by atoms with Crippen molar-refractivity contribution in [3.05, 3.63) is 0 Å². The minimum atomic E-state index is -0.485. The van der Waals surface area contributed by atoms with Crippen molar-refractivity contribution in [2.75, 3.05) is 18.8 Å². The van der Waals surface area contributed by atoms with Crippen LogP contribution in [0.4, 0.5) is 9.59 Å². The SMILES string of the molecule is CC(C)(C)OC(=O)NCCCCCNC(=O)CCCCCCC(=O)CCCCC1SC[C@@H]2NC(=O)N[C@H]12. The Balaban J connectivity index is 1.33. The molecule has 2 heterocycles. The quantitative estimate of drug-likeness (QED) is 0.151. The highest BCUT2D eigenvalue weighted by molar-refractivity contribution is 8.00. The van der Waals surface area contributed by atoms with Gasteiger partial charge in [0, 0.05) is 43.4 Å². The first-order chi connectivity index (χ1) is 17.6. The smallest absolute Gasteiger partial charge is 0.407 e. The first kappa shape index (κ1) is 31.2. The summed E-state index contributed by atoms with van der Waals surface area (Å²) in [5, 5.41) is 12.1. The van der Waals surface area contributed by atoms with Gasteiger partial charge in [0.05, 0.1) is 12.1 Å². The normalized spacial score (nSPS) is 20.6. The molecule has 0 saturated carbocycles. The summed E-state index contributed by atoms with van der Waals surface area (Å²) in [4.78, 5) is 47.1. The van der Waals surface area contributed by atoms with Crippen molar-refractivity contribution in [2.24, 2.45) is 0 Å². The zero-order chi connectivity index (χ0) is 27.1. The fourth-order valence-electron chi connectivity index (χ4n) is 4.64. The van der Waals surface area contributed by atoms with Gasteiger partial charge in [0.25, 0.3) is 0 Å². The lowest BCUT2D eigenvalue weighted by Gasteiger charge is -2.19. The molecule has 2 saturated heterocycles. The molecule has 10 heteroatoms. The van der Waals surface area contributed by atoms with Crippen LogP contribution in [-0.4, -0.2) is 65.6 Å². The Morgan fingerprint density at radius 1 is 0.865 bits per heavy atom. The van der Waals surface area contributed by atoms with Gasteiger partial charge in [0.1, 0.15) is 11.4 Å². The molecule has 37 heavy (non-hydrogen) atoms. The van der Waals surface area contributed by atoms with Crippen LogP contribution in [0.25, 0.3) is 0 Å². The topological polar surface area (TPSA) is 126 Å². The lowest BCUT2D eigenvalue weighted by atomic mass is 10.0. The molecule has 0 radical (unpaired) electrons. The third kappa shape index (κ3) is 13.9. The molecule has 2 aliphatic rings. The molecule has 0 aliphatic carbocycles. The minimum absolute atomic E-state index is 0.0469. The van der Waals surface area contributed by atoms with Crippen LogP contribution in [-0.2, 0) is 14.3 Å². The van der Waals surface area contributed by atoms with Crippen molar-refractivity contribution in [3.8, 4) is 0 Å². The molecule has 4 N–H and O–H groups in total. The maximum atomic E-state index is 12.1. The molecule has 0 bridgehead atoms. The van der Waals surface area contributed by atoms with Gasteiger partial charge in [-0.2, -0.15) is 11.8 Å². The maximum absolute atomic E-state index is 12.1. The van der Waals surface area contributed by atoms with E-state index >= 15 is 0 Å². The molecule has 9 nitrogen and oxygen atoms in total. The number of hydrogen-bond acceptors (Lipinski definition) is 6. The van der Waals surface area contributed by atoms with Crippen LogP contribution in [0.2, 0.25) is 0 Å². The second-order valence-corrected chi connectivity index (χ2v) is 12.4. The summed E-state index contributed by atoms with van der Waals surface area (Å²) < 4.78 is 5.18. The Hall–Kier alpha value is -1.97. The van der Waals surface area contributed by atoms with E-state index < -0.39 is 11.7 Å². The first-order valence-corrected chi connectivity index (χ1v) is 15.1. The highest BCUT2D eigenvalue weighted by Crippen LogP contribution is 2.33. The second kappa shape index (κ2) is 16.8. The van der Waals surface area contributed by atoms with Crippen LogP contribution >= 0.6 is 11.8 Å². The Labute approximate surface area is 226 Å². The zero-order valence-electron chi connectivity index (χ0n) is 23.0. The van der Waals surface area contributed by atoms with E-state index in [2.05, 4.69) is 21.3 Å². The number of carbonyl (C=O) groups excluding carboxylic acids is 4. The predicted octanol–water partition coefficient (Wildman–Crippen LogP) is 4.43. The largest absolute Gasteiger partial charge is 0.444 e. The highest BCUT2D eigenvalue weighted by Gasteiger charge is 2.42. The Bertz CT molecular complexity index is 743. The average molecular weight is 541 g/mol. The van der Waals surface area contributed by atoms with Gasteiger partial charge >= 0.3 is 12.1 Å². The fraction of sp³-hybridized carbons (Fsp3) is 0.852. The van der Waals surface area contributed by atoms with Gasteiger partial charge in [-0.05, 0) is 65.7 Å². The molecule has 4 amide bonds. The van der Waals surface area contributed by atoms with E-state index in [9.17, 15) is 19.2 Å². The van der Waals surface area contributed by atoms with Crippen LogP contribution in [0.5, 0.6) is 0 Å². The molecule has 2 rings (SSSR count). The van der Waals surface area contributed by atoms with Crippen molar-refractivity contribution in [1.82, 2.24) is 21.3 Å². The van der Waals surface area contributed by atoms with E-state index in [0.29, 0.717) is 43.4 Å². The van der Waals surface area contributed by atoms with E-state index in [0.717, 1.165) is 70.0 Å². The number of ether oxygens (including phenoxy) is 1. The van der Waals surface area contributed by atoms with E-state index in [1.165, 1.54) is 0 Å². The third-order valence-electron chi connectivity index (χ3n) is 6.59. The number of ketones is 1. The van der Waals surface area contributed by atoms with Crippen molar-refractivity contribution >= 4 is 35.6 Å². The van der Waals surface area contributed by atoms with Gasteiger partial charge in [0.2, 0.25) is 5.91 Å². The van der Waals surface area contributed by atoms with Crippen molar-refractivity contribution < 1.29 is 23.9 Å². The molecule has 0 aromatic rings. The Kier molecular flexibility index (Phi) is 14.2. The monoisotopic (exact) mass is 540 g/mol. The van der Waals surface area contributed by atoms with Gasteiger partial charge in [-0.15, -0.1) is 0 Å². The molecule has 3 atom stereocenters. The van der Waals surface area contributed by atoms with E-state index in [1.54, 1.807) is 0 Å². The van der Waals surface area contributed by atoms with Crippen LogP contribution in [0, 0.1) is 0 Å². The van der Waals surface area contributed by atoms with Gasteiger partial charge in [-0.3, -0.25) is 9.59 Å². The number of hydrogen-bond donors (Lipinski definition) is 4. The second-order valence-electron chi connectivity index (χ2n) is 11.2. The van der Waals surface area contributed by atoms with Crippen molar-refractivity contribution in [2.45, 2.75) is 127 Å². The summed E-state index contributed by atoms with van der Waals surface area (Å²) in [5.41, 5.74) is -0.485. The van der Waals surface area contributed by atoms with E-state index in [4.69, 9.17) is 4.74 Å².